The molecule has 3 aromatic carbocycles. The van der Waals surface area contributed by atoms with Gasteiger partial charge in [0.25, 0.3) is 17.7 Å². The summed E-state index contributed by atoms with van der Waals surface area (Å²) in [7, 11) is 0. The molecule has 31 heavy (non-hydrogen) atoms. The van der Waals surface area contributed by atoms with Gasteiger partial charge in [-0.25, -0.2) is 5.84 Å². The van der Waals surface area contributed by atoms with Crippen LogP contribution in [0.4, 0.5) is 5.69 Å². The van der Waals surface area contributed by atoms with Gasteiger partial charge >= 0.3 is 0 Å². The van der Waals surface area contributed by atoms with E-state index in [4.69, 9.17) is 5.84 Å². The topological polar surface area (TPSA) is 134 Å². The molecular weight excluding hydrogens is 396 g/mol. The van der Waals surface area contributed by atoms with Crippen molar-refractivity contribution in [3.63, 3.8) is 0 Å². The van der Waals surface area contributed by atoms with Crippen LogP contribution in [0.15, 0.2) is 84.6 Å². The van der Waals surface area contributed by atoms with Crippen molar-refractivity contribution < 1.29 is 19.5 Å². The third-order valence-corrected chi connectivity index (χ3v) is 4.32. The summed E-state index contributed by atoms with van der Waals surface area (Å²) in [5, 5.41) is 15.2. The van der Waals surface area contributed by atoms with Gasteiger partial charge in [-0.3, -0.25) is 19.8 Å². The molecule has 3 aromatic rings. The summed E-state index contributed by atoms with van der Waals surface area (Å²) in [5.74, 6) is 3.35. The number of hydrogen-bond donors (Lipinski definition) is 5. The number of carbonyl (C=O) groups is 3. The Hall–Kier alpha value is -4.43. The molecule has 0 aromatic heterocycles. The number of nitrogens with one attached hydrogen (secondary N) is 3. The van der Waals surface area contributed by atoms with Gasteiger partial charge in [-0.05, 0) is 36.4 Å². The Labute approximate surface area is 178 Å². The summed E-state index contributed by atoms with van der Waals surface area (Å²) in [6.45, 7) is 0. The summed E-state index contributed by atoms with van der Waals surface area (Å²) in [5.41, 5.74) is 2.92. The van der Waals surface area contributed by atoms with E-state index in [0.29, 0.717) is 11.1 Å². The Balaban J connectivity index is 1.95. The molecule has 0 spiro atoms. The van der Waals surface area contributed by atoms with Crippen LogP contribution >= 0.6 is 0 Å². The maximum Gasteiger partial charge on any atom is 0.272 e. The van der Waals surface area contributed by atoms with E-state index in [1.807, 2.05) is 5.43 Å². The van der Waals surface area contributed by atoms with Gasteiger partial charge < -0.3 is 15.7 Å². The van der Waals surface area contributed by atoms with Gasteiger partial charge in [-0.1, -0.05) is 48.5 Å². The lowest BCUT2D eigenvalue weighted by Crippen LogP contribution is -2.33. The number of hydrogen-bond acceptors (Lipinski definition) is 5. The molecule has 0 aliphatic heterocycles. The Morgan fingerprint density at radius 3 is 2.16 bits per heavy atom. The molecule has 3 amide bonds. The largest absolute Gasteiger partial charge is 0.507 e. The molecule has 3 rings (SSSR count). The molecule has 0 saturated carbocycles. The van der Waals surface area contributed by atoms with Crippen LogP contribution in [0.3, 0.4) is 0 Å². The fourth-order valence-electron chi connectivity index (χ4n) is 2.77. The summed E-state index contributed by atoms with van der Waals surface area (Å²) < 4.78 is 0. The molecular formula is C23H20N4O4. The average Bonchev–Trinajstić information content (AvgIpc) is 2.80. The van der Waals surface area contributed by atoms with Crippen LogP contribution in [0.25, 0.3) is 6.08 Å². The first-order chi connectivity index (χ1) is 15.0. The maximum absolute atomic E-state index is 13.0. The van der Waals surface area contributed by atoms with Gasteiger partial charge in [0.15, 0.2) is 0 Å². The zero-order valence-corrected chi connectivity index (χ0v) is 16.3. The predicted octanol–water partition coefficient (Wildman–Crippen LogP) is 2.41. The average molecular weight is 416 g/mol. The minimum atomic E-state index is -0.690. The fourth-order valence-corrected chi connectivity index (χ4v) is 2.77. The number of carbonyl (C=O) groups excluding carboxylic acids is 3. The smallest absolute Gasteiger partial charge is 0.272 e. The second-order valence-electron chi connectivity index (χ2n) is 6.41. The second-order valence-corrected chi connectivity index (χ2v) is 6.41. The molecule has 0 radical (unpaired) electrons. The fraction of sp³-hybridized carbons (Fsp3) is 0. The third-order valence-electron chi connectivity index (χ3n) is 4.32. The zero-order valence-electron chi connectivity index (χ0n) is 16.3. The molecule has 0 unspecified atom stereocenters. The Morgan fingerprint density at radius 1 is 0.806 bits per heavy atom. The maximum atomic E-state index is 13.0. The lowest BCUT2D eigenvalue weighted by molar-refractivity contribution is -0.113. The number of rotatable bonds is 6. The van der Waals surface area contributed by atoms with Crippen LogP contribution in [0.2, 0.25) is 0 Å². The number of anilines is 1. The number of nitrogens with two attached hydrogens (primary N) is 1. The number of nitrogen functional groups attached to an aromatic ring is 1. The van der Waals surface area contributed by atoms with Gasteiger partial charge in [0.2, 0.25) is 0 Å². The van der Waals surface area contributed by atoms with Crippen LogP contribution < -0.4 is 21.9 Å². The molecule has 0 aliphatic rings. The van der Waals surface area contributed by atoms with Gasteiger partial charge in [0, 0.05) is 11.1 Å². The molecule has 0 saturated heterocycles. The SMILES string of the molecule is NNC(=O)c1ccccc1NC(=O)/C(=C/c1ccccc1O)NC(=O)c1ccccc1. The van der Waals surface area contributed by atoms with E-state index in [2.05, 4.69) is 10.6 Å². The highest BCUT2D eigenvalue weighted by Crippen LogP contribution is 2.20. The molecule has 6 N–H and O–H groups in total. The molecule has 8 nitrogen and oxygen atoms in total. The van der Waals surface area contributed by atoms with Crippen molar-refractivity contribution in [3.8, 4) is 5.75 Å². The summed E-state index contributed by atoms with van der Waals surface area (Å²) in [6, 6.07) is 21.0. The quantitative estimate of drug-likeness (QED) is 0.182. The van der Waals surface area contributed by atoms with E-state index in [-0.39, 0.29) is 22.7 Å². The summed E-state index contributed by atoms with van der Waals surface area (Å²) in [4.78, 5) is 37.6. The predicted molar refractivity (Wildman–Crippen MR) is 117 cm³/mol. The Morgan fingerprint density at radius 2 is 1.45 bits per heavy atom. The number of phenolic OH excluding ortho intramolecular Hbond substituents is 1. The number of para-hydroxylation sites is 2. The highest BCUT2D eigenvalue weighted by Gasteiger charge is 2.18. The Bertz CT molecular complexity index is 1140. The van der Waals surface area contributed by atoms with Crippen LogP contribution in [0.5, 0.6) is 5.75 Å². The minimum absolute atomic E-state index is 0.0651. The van der Waals surface area contributed by atoms with Crippen LogP contribution in [-0.4, -0.2) is 22.8 Å². The zero-order chi connectivity index (χ0) is 22.2. The molecule has 8 heteroatoms. The van der Waals surface area contributed by atoms with Crippen molar-refractivity contribution in [1.82, 2.24) is 10.7 Å². The highest BCUT2D eigenvalue weighted by molar-refractivity contribution is 6.13. The van der Waals surface area contributed by atoms with Crippen molar-refractivity contribution in [2.75, 3.05) is 5.32 Å². The van der Waals surface area contributed by atoms with Gasteiger partial charge in [0.1, 0.15) is 11.4 Å². The molecule has 0 heterocycles. The first-order valence-electron chi connectivity index (χ1n) is 9.27. The first-order valence-corrected chi connectivity index (χ1v) is 9.27. The van der Waals surface area contributed by atoms with Crippen molar-refractivity contribution >= 4 is 29.5 Å². The van der Waals surface area contributed by atoms with Crippen LogP contribution in [0, 0.1) is 0 Å². The number of benzene rings is 3. The summed E-state index contributed by atoms with van der Waals surface area (Å²) >= 11 is 0. The monoisotopic (exact) mass is 416 g/mol. The van der Waals surface area contributed by atoms with Gasteiger partial charge in [0.05, 0.1) is 11.3 Å². The molecule has 0 aliphatic carbocycles. The van der Waals surface area contributed by atoms with Crippen molar-refractivity contribution in [3.05, 3.63) is 101 Å². The molecule has 0 atom stereocenters. The van der Waals surface area contributed by atoms with E-state index in [0.717, 1.165) is 0 Å². The lowest BCUT2D eigenvalue weighted by atomic mass is 10.1. The number of amides is 3. The van der Waals surface area contributed by atoms with E-state index in [1.165, 1.54) is 24.3 Å². The standard InChI is InChI=1S/C23H20N4O4/c24-27-22(30)17-11-5-6-12-18(17)25-23(31)19(14-16-10-4-7-13-20(16)28)26-21(29)15-8-2-1-3-9-15/h1-14,28H,24H2,(H,25,31)(H,26,29)(H,27,30)/b19-14-. The minimum Gasteiger partial charge on any atom is -0.507 e. The number of aromatic hydroxyl groups is 1. The van der Waals surface area contributed by atoms with Crippen molar-refractivity contribution in [2.45, 2.75) is 0 Å². The lowest BCUT2D eigenvalue weighted by Gasteiger charge is -2.13. The van der Waals surface area contributed by atoms with E-state index < -0.39 is 17.7 Å². The van der Waals surface area contributed by atoms with Crippen molar-refractivity contribution in [2.24, 2.45) is 5.84 Å². The van der Waals surface area contributed by atoms with Crippen LogP contribution in [-0.2, 0) is 4.79 Å². The molecule has 0 bridgehead atoms. The van der Waals surface area contributed by atoms with Crippen molar-refractivity contribution in [1.29, 1.82) is 0 Å². The molecule has 0 fully saturated rings. The summed E-state index contributed by atoms with van der Waals surface area (Å²) in [6.07, 6.45) is 1.34. The van der Waals surface area contributed by atoms with E-state index in [1.54, 1.807) is 60.7 Å². The third kappa shape index (κ3) is 5.34. The second kappa shape index (κ2) is 9.86. The van der Waals surface area contributed by atoms with Crippen LogP contribution in [0.1, 0.15) is 26.3 Å². The Kier molecular flexibility index (Phi) is 6.77. The van der Waals surface area contributed by atoms with Gasteiger partial charge in [-0.15, -0.1) is 0 Å². The highest BCUT2D eigenvalue weighted by atomic mass is 16.3. The van der Waals surface area contributed by atoms with E-state index in [9.17, 15) is 19.5 Å². The molecule has 156 valence electrons. The normalized spacial score (nSPS) is 10.8. The number of hydrazine groups is 1. The van der Waals surface area contributed by atoms with Gasteiger partial charge in [-0.2, -0.15) is 0 Å². The van der Waals surface area contributed by atoms with E-state index >= 15 is 0 Å². The number of phenols is 1. The first kappa shape index (κ1) is 21.3.